The normalized spacial score (nSPS) is 14.1. The molecular weight excluding hydrogens is 466 g/mol. The van der Waals surface area contributed by atoms with Gasteiger partial charge in [0.15, 0.2) is 17.5 Å². The van der Waals surface area contributed by atoms with Gasteiger partial charge in [-0.05, 0) is 37.4 Å². The number of rotatable bonds is 6. The minimum Gasteiger partial charge on any atom is -0.367 e. The summed E-state index contributed by atoms with van der Waals surface area (Å²) in [5.74, 6) is -1.67. The van der Waals surface area contributed by atoms with E-state index in [9.17, 15) is 13.6 Å². The number of fused-ring (bicyclic) bond motifs is 1. The lowest BCUT2D eigenvalue weighted by Crippen LogP contribution is -2.44. The van der Waals surface area contributed by atoms with Gasteiger partial charge < -0.3 is 20.4 Å². The van der Waals surface area contributed by atoms with Crippen LogP contribution in [-0.4, -0.2) is 63.6 Å². The van der Waals surface area contributed by atoms with E-state index in [0.717, 1.165) is 13.1 Å². The van der Waals surface area contributed by atoms with Crippen molar-refractivity contribution in [2.75, 3.05) is 48.8 Å². The molecular formula is C25H24F2N8O. The summed E-state index contributed by atoms with van der Waals surface area (Å²) >= 11 is 0. The van der Waals surface area contributed by atoms with Crippen molar-refractivity contribution in [1.29, 1.82) is 0 Å². The molecule has 0 radical (unpaired) electrons. The van der Waals surface area contributed by atoms with Crippen LogP contribution < -0.4 is 15.5 Å². The monoisotopic (exact) mass is 490 g/mol. The zero-order chi connectivity index (χ0) is 25.2. The Morgan fingerprint density at radius 1 is 1.06 bits per heavy atom. The Kier molecular flexibility index (Phi) is 6.30. The molecule has 2 aromatic heterocycles. The van der Waals surface area contributed by atoms with Crippen LogP contribution in [0.2, 0.25) is 0 Å². The molecule has 1 aliphatic heterocycles. The summed E-state index contributed by atoms with van der Waals surface area (Å²) in [5.41, 5.74) is 2.03. The van der Waals surface area contributed by atoms with E-state index >= 15 is 0 Å². The first-order chi connectivity index (χ1) is 17.4. The van der Waals surface area contributed by atoms with E-state index in [4.69, 9.17) is 0 Å². The number of halogens is 2. The average molecular weight is 491 g/mol. The maximum atomic E-state index is 15.0. The number of anilines is 4. The van der Waals surface area contributed by atoms with Crippen molar-refractivity contribution in [3.63, 3.8) is 0 Å². The van der Waals surface area contributed by atoms with Gasteiger partial charge in [-0.15, -0.1) is 5.10 Å². The molecule has 1 amide bonds. The number of imidazole rings is 1. The second-order valence-electron chi connectivity index (χ2n) is 8.45. The standard InChI is InChI=1S/C25H24F2N8O/c1-3-21(36)30-17-6-4-5-16(13-17)24-28-14-18-15-29-25(32-35(18)24)31-19-7-8-20(23(27)22(19)26)34-11-9-33(2)10-12-34/h3-8,13-15H,1,9-12H2,2H3,(H,30,36)(H,31,32). The van der Waals surface area contributed by atoms with Gasteiger partial charge in [0.2, 0.25) is 11.9 Å². The Morgan fingerprint density at radius 3 is 2.61 bits per heavy atom. The third-order valence-electron chi connectivity index (χ3n) is 6.00. The van der Waals surface area contributed by atoms with Crippen LogP contribution in [0.5, 0.6) is 0 Å². The van der Waals surface area contributed by atoms with Gasteiger partial charge in [-0.25, -0.2) is 23.3 Å². The van der Waals surface area contributed by atoms with Crippen LogP contribution >= 0.6 is 0 Å². The van der Waals surface area contributed by atoms with Crippen LogP contribution in [0.25, 0.3) is 16.9 Å². The van der Waals surface area contributed by atoms with Crippen molar-refractivity contribution in [1.82, 2.24) is 24.5 Å². The summed E-state index contributed by atoms with van der Waals surface area (Å²) in [6.45, 7) is 6.27. The Labute approximate surface area is 206 Å². The van der Waals surface area contributed by atoms with Crippen LogP contribution in [0.1, 0.15) is 0 Å². The summed E-state index contributed by atoms with van der Waals surface area (Å²) in [5, 5.41) is 9.91. The number of hydrogen-bond donors (Lipinski definition) is 2. The lowest BCUT2D eigenvalue weighted by molar-refractivity contribution is -0.111. The lowest BCUT2D eigenvalue weighted by Gasteiger charge is -2.34. The maximum absolute atomic E-state index is 15.0. The zero-order valence-electron chi connectivity index (χ0n) is 19.6. The minimum atomic E-state index is -0.994. The van der Waals surface area contributed by atoms with Crippen LogP contribution in [0.15, 0.2) is 61.4 Å². The molecule has 0 aliphatic carbocycles. The topological polar surface area (TPSA) is 90.7 Å². The van der Waals surface area contributed by atoms with Crippen LogP contribution in [0.4, 0.5) is 31.8 Å². The Hall–Kier alpha value is -4.38. The van der Waals surface area contributed by atoms with Crippen LogP contribution in [0.3, 0.4) is 0 Å². The van der Waals surface area contributed by atoms with Gasteiger partial charge >= 0.3 is 0 Å². The van der Waals surface area contributed by atoms with E-state index < -0.39 is 11.6 Å². The minimum absolute atomic E-state index is 0.0690. The summed E-state index contributed by atoms with van der Waals surface area (Å²) in [7, 11) is 2.00. The summed E-state index contributed by atoms with van der Waals surface area (Å²) in [4.78, 5) is 24.3. The van der Waals surface area contributed by atoms with E-state index in [2.05, 4.69) is 37.2 Å². The van der Waals surface area contributed by atoms with Gasteiger partial charge in [-0.2, -0.15) is 0 Å². The fraction of sp³-hybridized carbons (Fsp3) is 0.200. The summed E-state index contributed by atoms with van der Waals surface area (Å²) in [6.07, 6.45) is 4.31. The molecule has 184 valence electrons. The first-order valence-electron chi connectivity index (χ1n) is 11.4. The van der Waals surface area contributed by atoms with Gasteiger partial charge in [-0.1, -0.05) is 18.7 Å². The van der Waals surface area contributed by atoms with Crippen LogP contribution in [-0.2, 0) is 4.79 Å². The number of carbonyl (C=O) groups excluding carboxylic acids is 1. The Bertz CT molecular complexity index is 1450. The molecule has 2 aromatic carbocycles. The van der Waals surface area contributed by atoms with Gasteiger partial charge in [0.05, 0.1) is 23.8 Å². The fourth-order valence-electron chi connectivity index (χ4n) is 4.03. The van der Waals surface area contributed by atoms with Gasteiger partial charge in [0.1, 0.15) is 5.52 Å². The largest absolute Gasteiger partial charge is 0.367 e. The number of likely N-dealkylation sites (N-methyl/N-ethyl adjacent to an activating group) is 1. The SMILES string of the molecule is C=CC(=O)Nc1cccc(-c2ncc3cnc(Nc4ccc(N5CCN(C)CC5)c(F)c4F)nn23)c1. The Morgan fingerprint density at radius 2 is 1.83 bits per heavy atom. The highest BCUT2D eigenvalue weighted by atomic mass is 19.2. The molecule has 0 saturated carbocycles. The van der Waals surface area contributed by atoms with Crippen molar-refractivity contribution in [3.05, 3.63) is 73.1 Å². The molecule has 0 bridgehead atoms. The number of nitrogens with one attached hydrogen (secondary N) is 2. The third-order valence-corrected chi connectivity index (χ3v) is 6.00. The molecule has 3 heterocycles. The van der Waals surface area contributed by atoms with E-state index in [1.54, 1.807) is 30.5 Å². The number of hydrogen-bond acceptors (Lipinski definition) is 7. The number of nitrogens with zero attached hydrogens (tertiary/aromatic N) is 6. The average Bonchev–Trinajstić information content (AvgIpc) is 3.31. The fourth-order valence-corrected chi connectivity index (χ4v) is 4.03. The highest BCUT2D eigenvalue weighted by molar-refractivity contribution is 5.99. The number of aromatic nitrogens is 4. The molecule has 0 unspecified atom stereocenters. The molecule has 0 spiro atoms. The van der Waals surface area contributed by atoms with Crippen molar-refractivity contribution in [2.24, 2.45) is 0 Å². The maximum Gasteiger partial charge on any atom is 0.247 e. The van der Waals surface area contributed by atoms with Crippen molar-refractivity contribution in [3.8, 4) is 11.4 Å². The highest BCUT2D eigenvalue weighted by Gasteiger charge is 2.22. The molecule has 11 heteroatoms. The molecule has 5 rings (SSSR count). The predicted molar refractivity (Wildman–Crippen MR) is 134 cm³/mol. The molecule has 2 N–H and O–H groups in total. The highest BCUT2D eigenvalue weighted by Crippen LogP contribution is 2.29. The van der Waals surface area contributed by atoms with Gasteiger partial charge in [0, 0.05) is 37.4 Å². The van der Waals surface area contributed by atoms with E-state index in [1.807, 2.05) is 18.0 Å². The first kappa shape index (κ1) is 23.4. The molecule has 4 aromatic rings. The molecule has 1 saturated heterocycles. The second kappa shape index (κ2) is 9.70. The quantitative estimate of drug-likeness (QED) is 0.399. The van der Waals surface area contributed by atoms with Crippen molar-refractivity contribution >= 4 is 34.4 Å². The Balaban J connectivity index is 1.42. The molecule has 1 aliphatic rings. The van der Waals surface area contributed by atoms with Crippen molar-refractivity contribution < 1.29 is 13.6 Å². The predicted octanol–water partition coefficient (Wildman–Crippen LogP) is 3.69. The lowest BCUT2D eigenvalue weighted by atomic mass is 10.2. The molecule has 36 heavy (non-hydrogen) atoms. The summed E-state index contributed by atoms with van der Waals surface area (Å²) < 4.78 is 31.4. The smallest absolute Gasteiger partial charge is 0.247 e. The van der Waals surface area contributed by atoms with E-state index in [1.165, 1.54) is 22.9 Å². The van der Waals surface area contributed by atoms with Crippen LogP contribution in [0, 0.1) is 11.6 Å². The second-order valence-corrected chi connectivity index (χ2v) is 8.45. The number of carbonyl (C=O) groups is 1. The number of piperazine rings is 1. The molecule has 1 fully saturated rings. The van der Waals surface area contributed by atoms with E-state index in [-0.39, 0.29) is 23.2 Å². The van der Waals surface area contributed by atoms with E-state index in [0.29, 0.717) is 35.7 Å². The van der Waals surface area contributed by atoms with Crippen molar-refractivity contribution in [2.45, 2.75) is 0 Å². The number of benzene rings is 2. The van der Waals surface area contributed by atoms with Gasteiger partial charge in [0.25, 0.3) is 0 Å². The third kappa shape index (κ3) is 4.60. The first-order valence-corrected chi connectivity index (χ1v) is 11.4. The zero-order valence-corrected chi connectivity index (χ0v) is 19.6. The molecule has 0 atom stereocenters. The summed E-state index contributed by atoms with van der Waals surface area (Å²) in [6, 6.07) is 10.1. The van der Waals surface area contributed by atoms with Gasteiger partial charge in [-0.3, -0.25) is 4.79 Å². The number of amides is 1. The molecule has 9 nitrogen and oxygen atoms in total.